The molecule has 7 nitrogen and oxygen atoms in total. The number of pyridine rings is 1. The summed E-state index contributed by atoms with van der Waals surface area (Å²) in [5.74, 6) is 1.64. The third-order valence-corrected chi connectivity index (χ3v) is 4.72. The molecular weight excluding hydrogens is 388 g/mol. The lowest BCUT2D eigenvalue weighted by atomic mass is 10.2. The number of ether oxygens (including phenoxy) is 1. The number of guanidine groups is 1. The summed E-state index contributed by atoms with van der Waals surface area (Å²) < 4.78 is 7.92. The van der Waals surface area contributed by atoms with Crippen LogP contribution in [0.1, 0.15) is 36.0 Å². The molecule has 0 radical (unpaired) electrons. The number of aliphatic imine (C=N–C) groups is 1. The molecule has 164 valence electrons. The molecule has 2 heterocycles. The highest BCUT2D eigenvalue weighted by Crippen LogP contribution is 2.15. The molecule has 2 N–H and O–H groups in total. The number of aromatic nitrogens is 3. The Morgan fingerprint density at radius 1 is 1.10 bits per heavy atom. The van der Waals surface area contributed by atoms with E-state index >= 15 is 0 Å². The van der Waals surface area contributed by atoms with Gasteiger partial charge in [-0.2, -0.15) is 5.10 Å². The van der Waals surface area contributed by atoms with Crippen molar-refractivity contribution in [1.82, 2.24) is 25.4 Å². The summed E-state index contributed by atoms with van der Waals surface area (Å²) in [6.07, 6.45) is 2.75. The van der Waals surface area contributed by atoms with Crippen molar-refractivity contribution < 1.29 is 4.74 Å². The summed E-state index contributed by atoms with van der Waals surface area (Å²) in [6.45, 7) is 9.75. The van der Waals surface area contributed by atoms with Crippen molar-refractivity contribution in [3.05, 3.63) is 77.4 Å². The maximum Gasteiger partial charge on any atom is 0.191 e. The van der Waals surface area contributed by atoms with Crippen LogP contribution in [-0.4, -0.2) is 33.8 Å². The van der Waals surface area contributed by atoms with Crippen LogP contribution >= 0.6 is 0 Å². The standard InChI is InChI=1S/C24H32N6O/c1-4-25-24(27-13-8-14-30-20(3)15-19(2)29-30)28-17-21-9-7-11-23(16-21)31-18-22-10-5-6-12-26-22/h5-7,9-12,15-16H,4,8,13-14,17-18H2,1-3H3,(H2,25,27,28). The number of hydrogen-bond acceptors (Lipinski definition) is 4. The molecule has 0 spiro atoms. The van der Waals surface area contributed by atoms with Gasteiger partial charge in [0, 0.05) is 31.5 Å². The van der Waals surface area contributed by atoms with Crippen molar-refractivity contribution >= 4 is 5.96 Å². The van der Waals surface area contributed by atoms with Crippen LogP contribution in [0.3, 0.4) is 0 Å². The van der Waals surface area contributed by atoms with Crippen LogP contribution in [0.4, 0.5) is 0 Å². The third kappa shape index (κ3) is 7.44. The Labute approximate surface area is 184 Å². The zero-order valence-electron chi connectivity index (χ0n) is 18.6. The average Bonchev–Trinajstić information content (AvgIpc) is 3.11. The lowest BCUT2D eigenvalue weighted by Crippen LogP contribution is -2.38. The fourth-order valence-electron chi connectivity index (χ4n) is 3.22. The minimum atomic E-state index is 0.451. The normalized spacial score (nSPS) is 11.4. The predicted octanol–water partition coefficient (Wildman–Crippen LogP) is 3.62. The van der Waals surface area contributed by atoms with Gasteiger partial charge in [0.25, 0.3) is 0 Å². The number of nitrogens with zero attached hydrogens (tertiary/aromatic N) is 4. The highest BCUT2D eigenvalue weighted by molar-refractivity contribution is 5.79. The van der Waals surface area contributed by atoms with Crippen LogP contribution < -0.4 is 15.4 Å². The van der Waals surface area contributed by atoms with Gasteiger partial charge in [0.2, 0.25) is 0 Å². The minimum absolute atomic E-state index is 0.451. The molecule has 0 fully saturated rings. The first-order valence-corrected chi connectivity index (χ1v) is 10.8. The number of benzene rings is 1. The molecule has 0 bridgehead atoms. The SMILES string of the molecule is CCNC(=NCc1cccc(OCc2ccccn2)c1)NCCCn1nc(C)cc1C. The van der Waals surface area contributed by atoms with Gasteiger partial charge >= 0.3 is 0 Å². The van der Waals surface area contributed by atoms with E-state index in [4.69, 9.17) is 9.73 Å². The van der Waals surface area contributed by atoms with Gasteiger partial charge in [0.15, 0.2) is 5.96 Å². The van der Waals surface area contributed by atoms with E-state index in [1.165, 1.54) is 5.69 Å². The molecule has 1 aromatic carbocycles. The molecule has 0 unspecified atom stereocenters. The van der Waals surface area contributed by atoms with Crippen molar-refractivity contribution in [1.29, 1.82) is 0 Å². The van der Waals surface area contributed by atoms with Crippen LogP contribution in [0.15, 0.2) is 59.7 Å². The largest absolute Gasteiger partial charge is 0.487 e. The monoisotopic (exact) mass is 420 g/mol. The van der Waals surface area contributed by atoms with E-state index in [1.807, 2.05) is 43.3 Å². The van der Waals surface area contributed by atoms with Crippen molar-refractivity contribution in [3.63, 3.8) is 0 Å². The van der Waals surface area contributed by atoms with Crippen LogP contribution in [0.2, 0.25) is 0 Å². The molecule has 0 atom stereocenters. The number of nitrogens with one attached hydrogen (secondary N) is 2. The van der Waals surface area contributed by atoms with Gasteiger partial charge in [-0.25, -0.2) is 4.99 Å². The molecule has 7 heteroatoms. The van der Waals surface area contributed by atoms with Crippen molar-refractivity contribution in [3.8, 4) is 5.75 Å². The van der Waals surface area contributed by atoms with Crippen LogP contribution in [0.5, 0.6) is 5.75 Å². The molecular formula is C24H32N6O. The maximum absolute atomic E-state index is 5.87. The Kier molecular flexibility index (Phi) is 8.46. The fourth-order valence-corrected chi connectivity index (χ4v) is 3.22. The van der Waals surface area contributed by atoms with Gasteiger partial charge in [-0.15, -0.1) is 0 Å². The highest BCUT2D eigenvalue weighted by Gasteiger charge is 2.03. The molecule has 2 aromatic heterocycles. The molecule has 3 aromatic rings. The zero-order valence-corrected chi connectivity index (χ0v) is 18.6. The zero-order chi connectivity index (χ0) is 21.9. The Bertz CT molecular complexity index is 967. The van der Waals surface area contributed by atoms with Gasteiger partial charge in [-0.05, 0) is 63.1 Å². The van der Waals surface area contributed by atoms with E-state index in [0.29, 0.717) is 13.2 Å². The summed E-state index contributed by atoms with van der Waals surface area (Å²) in [7, 11) is 0. The van der Waals surface area contributed by atoms with E-state index < -0.39 is 0 Å². The summed E-state index contributed by atoms with van der Waals surface area (Å²) in [6, 6.07) is 16.0. The fraction of sp³-hybridized carbons (Fsp3) is 0.375. The van der Waals surface area contributed by atoms with E-state index in [1.54, 1.807) is 6.20 Å². The van der Waals surface area contributed by atoms with Crippen molar-refractivity contribution in [2.24, 2.45) is 4.99 Å². The quantitative estimate of drug-likeness (QED) is 0.298. The Morgan fingerprint density at radius 3 is 2.74 bits per heavy atom. The first kappa shape index (κ1) is 22.3. The van der Waals surface area contributed by atoms with E-state index in [2.05, 4.69) is 51.4 Å². The molecule has 3 rings (SSSR count). The second-order valence-electron chi connectivity index (χ2n) is 7.38. The predicted molar refractivity (Wildman–Crippen MR) is 124 cm³/mol. The van der Waals surface area contributed by atoms with Gasteiger partial charge in [0.05, 0.1) is 17.9 Å². The summed E-state index contributed by atoms with van der Waals surface area (Å²) in [5.41, 5.74) is 4.26. The number of rotatable bonds is 10. The molecule has 0 aliphatic rings. The maximum atomic E-state index is 5.87. The molecule has 0 aliphatic heterocycles. The number of aryl methyl sites for hydroxylation is 3. The van der Waals surface area contributed by atoms with Gasteiger partial charge in [-0.3, -0.25) is 9.67 Å². The minimum Gasteiger partial charge on any atom is -0.487 e. The van der Waals surface area contributed by atoms with Crippen molar-refractivity contribution in [2.75, 3.05) is 13.1 Å². The van der Waals surface area contributed by atoms with Crippen LogP contribution in [-0.2, 0) is 19.7 Å². The van der Waals surface area contributed by atoms with Gasteiger partial charge in [-0.1, -0.05) is 18.2 Å². The first-order valence-electron chi connectivity index (χ1n) is 10.8. The molecule has 0 aliphatic carbocycles. The average molecular weight is 421 g/mol. The van der Waals surface area contributed by atoms with Gasteiger partial charge < -0.3 is 15.4 Å². The second-order valence-corrected chi connectivity index (χ2v) is 7.38. The molecule has 0 saturated carbocycles. The van der Waals surface area contributed by atoms with Crippen LogP contribution in [0.25, 0.3) is 0 Å². The second kappa shape index (κ2) is 11.7. The summed E-state index contributed by atoms with van der Waals surface area (Å²) in [4.78, 5) is 9.00. The Morgan fingerprint density at radius 2 is 2.00 bits per heavy atom. The third-order valence-electron chi connectivity index (χ3n) is 4.72. The smallest absolute Gasteiger partial charge is 0.191 e. The molecule has 0 amide bonds. The first-order chi connectivity index (χ1) is 15.1. The number of hydrogen-bond donors (Lipinski definition) is 2. The van der Waals surface area contributed by atoms with Crippen LogP contribution in [0, 0.1) is 13.8 Å². The summed E-state index contributed by atoms with van der Waals surface area (Å²) in [5, 5.41) is 11.2. The molecule has 0 saturated heterocycles. The lowest BCUT2D eigenvalue weighted by molar-refractivity contribution is 0.301. The van der Waals surface area contributed by atoms with E-state index in [-0.39, 0.29) is 0 Å². The van der Waals surface area contributed by atoms with Gasteiger partial charge in [0.1, 0.15) is 12.4 Å². The van der Waals surface area contributed by atoms with E-state index in [0.717, 1.165) is 54.7 Å². The molecule has 31 heavy (non-hydrogen) atoms. The summed E-state index contributed by atoms with van der Waals surface area (Å²) >= 11 is 0. The topological polar surface area (TPSA) is 76.4 Å². The Balaban J connectivity index is 1.49. The highest BCUT2D eigenvalue weighted by atomic mass is 16.5. The van der Waals surface area contributed by atoms with E-state index in [9.17, 15) is 0 Å². The lowest BCUT2D eigenvalue weighted by Gasteiger charge is -2.12. The van der Waals surface area contributed by atoms with Crippen molar-refractivity contribution in [2.45, 2.75) is 46.9 Å². The Hall–Kier alpha value is -3.35.